The summed E-state index contributed by atoms with van der Waals surface area (Å²) < 4.78 is 19.2. The van der Waals surface area contributed by atoms with Crippen LogP contribution >= 0.6 is 0 Å². The van der Waals surface area contributed by atoms with Crippen LogP contribution in [-0.2, 0) is 0 Å². The maximum absolute atomic E-state index is 13.5. The predicted octanol–water partition coefficient (Wildman–Crippen LogP) is 3.17. The van der Waals surface area contributed by atoms with E-state index >= 15 is 0 Å². The molecule has 1 unspecified atom stereocenters. The fourth-order valence-corrected chi connectivity index (χ4v) is 2.08. The van der Waals surface area contributed by atoms with E-state index in [1.54, 1.807) is 12.1 Å². The van der Waals surface area contributed by atoms with Crippen molar-refractivity contribution in [1.29, 1.82) is 0 Å². The number of hydrogen-bond acceptors (Lipinski definition) is 2. The third-order valence-corrected chi connectivity index (χ3v) is 3.08. The van der Waals surface area contributed by atoms with Crippen LogP contribution in [0.4, 0.5) is 4.39 Å². The van der Waals surface area contributed by atoms with Gasteiger partial charge in [-0.25, -0.2) is 4.39 Å². The lowest BCUT2D eigenvalue weighted by atomic mass is 10.1. The fourth-order valence-electron chi connectivity index (χ4n) is 2.08. The molecule has 0 spiro atoms. The first-order valence-corrected chi connectivity index (χ1v) is 5.88. The third-order valence-electron chi connectivity index (χ3n) is 3.08. The highest BCUT2D eigenvalue weighted by Gasteiger charge is 2.18. The Bertz CT molecular complexity index is 359. The van der Waals surface area contributed by atoms with Gasteiger partial charge < -0.3 is 10.5 Å². The van der Waals surface area contributed by atoms with Crippen molar-refractivity contribution in [3.63, 3.8) is 0 Å². The van der Waals surface area contributed by atoms with E-state index in [2.05, 4.69) is 0 Å². The zero-order valence-corrected chi connectivity index (χ0v) is 9.58. The molecular formula is C13H18FNO. The Balaban J connectivity index is 2.14. The lowest BCUT2D eigenvalue weighted by Gasteiger charge is -2.15. The minimum atomic E-state index is -0.295. The number of nitrogens with two attached hydrogens (primary N) is 1. The van der Waals surface area contributed by atoms with Crippen LogP contribution in [0.1, 0.15) is 44.2 Å². The summed E-state index contributed by atoms with van der Waals surface area (Å²) in [5.41, 5.74) is 6.67. The molecule has 0 amide bonds. The van der Waals surface area contributed by atoms with E-state index in [0.29, 0.717) is 5.75 Å². The van der Waals surface area contributed by atoms with Gasteiger partial charge in [0.1, 0.15) is 0 Å². The Morgan fingerprint density at radius 1 is 1.38 bits per heavy atom. The van der Waals surface area contributed by atoms with Crippen LogP contribution in [-0.4, -0.2) is 6.10 Å². The Hall–Kier alpha value is -1.09. The second kappa shape index (κ2) is 4.83. The Labute approximate surface area is 95.6 Å². The summed E-state index contributed by atoms with van der Waals surface area (Å²) in [5.74, 6) is 0.0537. The molecule has 0 radical (unpaired) electrons. The molecule has 0 heterocycles. The number of halogens is 1. The molecule has 1 fully saturated rings. The van der Waals surface area contributed by atoms with Crippen LogP contribution in [0, 0.1) is 5.82 Å². The highest BCUT2D eigenvalue weighted by molar-refractivity contribution is 5.32. The molecule has 2 rings (SSSR count). The summed E-state index contributed by atoms with van der Waals surface area (Å²) in [7, 11) is 0. The van der Waals surface area contributed by atoms with Crippen molar-refractivity contribution in [3.05, 3.63) is 29.6 Å². The third kappa shape index (κ3) is 2.53. The number of rotatable bonds is 3. The summed E-state index contributed by atoms with van der Waals surface area (Å²) in [6.45, 7) is 1.88. The van der Waals surface area contributed by atoms with Gasteiger partial charge in [-0.05, 0) is 50.3 Å². The predicted molar refractivity (Wildman–Crippen MR) is 61.9 cm³/mol. The smallest absolute Gasteiger partial charge is 0.165 e. The number of benzene rings is 1. The van der Waals surface area contributed by atoms with Crippen molar-refractivity contribution in [2.75, 3.05) is 0 Å². The summed E-state index contributed by atoms with van der Waals surface area (Å²) in [6, 6.07) is 4.77. The molecule has 1 aliphatic rings. The van der Waals surface area contributed by atoms with Gasteiger partial charge in [-0.15, -0.1) is 0 Å². The van der Waals surface area contributed by atoms with Crippen molar-refractivity contribution in [3.8, 4) is 5.75 Å². The molecule has 3 heteroatoms. The van der Waals surface area contributed by atoms with E-state index in [0.717, 1.165) is 18.4 Å². The van der Waals surface area contributed by atoms with Crippen LogP contribution < -0.4 is 10.5 Å². The van der Waals surface area contributed by atoms with Crippen LogP contribution in [0.3, 0.4) is 0 Å². The largest absolute Gasteiger partial charge is 0.487 e. The minimum absolute atomic E-state index is 0.0912. The van der Waals surface area contributed by atoms with Crippen LogP contribution in [0.25, 0.3) is 0 Å². The van der Waals surface area contributed by atoms with E-state index in [4.69, 9.17) is 10.5 Å². The minimum Gasteiger partial charge on any atom is -0.487 e. The molecule has 0 aromatic heterocycles. The van der Waals surface area contributed by atoms with E-state index in [9.17, 15) is 4.39 Å². The van der Waals surface area contributed by atoms with E-state index in [1.165, 1.54) is 18.9 Å². The Kier molecular flexibility index (Phi) is 3.44. The van der Waals surface area contributed by atoms with E-state index in [1.807, 2.05) is 6.92 Å². The highest BCUT2D eigenvalue weighted by atomic mass is 19.1. The van der Waals surface area contributed by atoms with Gasteiger partial charge in [0.2, 0.25) is 0 Å². The molecule has 0 aliphatic heterocycles. The maximum Gasteiger partial charge on any atom is 0.165 e. The summed E-state index contributed by atoms with van der Waals surface area (Å²) in [4.78, 5) is 0. The molecule has 1 saturated carbocycles. The second-order valence-corrected chi connectivity index (χ2v) is 4.50. The van der Waals surface area contributed by atoms with Gasteiger partial charge in [0, 0.05) is 6.04 Å². The molecule has 1 aromatic carbocycles. The Morgan fingerprint density at radius 2 is 2.06 bits per heavy atom. The maximum atomic E-state index is 13.5. The zero-order valence-electron chi connectivity index (χ0n) is 9.58. The van der Waals surface area contributed by atoms with Gasteiger partial charge >= 0.3 is 0 Å². The Morgan fingerprint density at radius 3 is 2.69 bits per heavy atom. The van der Waals surface area contributed by atoms with Crippen LogP contribution in [0.2, 0.25) is 0 Å². The molecule has 2 N–H and O–H groups in total. The number of hydrogen-bond donors (Lipinski definition) is 1. The second-order valence-electron chi connectivity index (χ2n) is 4.50. The highest BCUT2D eigenvalue weighted by Crippen LogP contribution is 2.27. The first-order valence-electron chi connectivity index (χ1n) is 5.88. The molecule has 88 valence electrons. The normalized spacial score (nSPS) is 18.7. The molecule has 1 atom stereocenters. The van der Waals surface area contributed by atoms with Gasteiger partial charge in [0.15, 0.2) is 11.6 Å². The summed E-state index contributed by atoms with van der Waals surface area (Å²) in [6.07, 6.45) is 4.60. The van der Waals surface area contributed by atoms with Crippen molar-refractivity contribution in [2.24, 2.45) is 5.73 Å². The summed E-state index contributed by atoms with van der Waals surface area (Å²) >= 11 is 0. The van der Waals surface area contributed by atoms with Gasteiger partial charge in [-0.1, -0.05) is 6.07 Å². The van der Waals surface area contributed by atoms with Crippen molar-refractivity contribution < 1.29 is 9.13 Å². The standard InChI is InChI=1S/C13H18FNO/c1-9(15)10-6-7-12(14)13(8-10)16-11-4-2-3-5-11/h6-9,11H,2-5,15H2,1H3. The van der Waals surface area contributed by atoms with Gasteiger partial charge in [-0.2, -0.15) is 0 Å². The quantitative estimate of drug-likeness (QED) is 0.854. The first-order chi connectivity index (χ1) is 7.66. The number of ether oxygens (including phenoxy) is 1. The van der Waals surface area contributed by atoms with E-state index < -0.39 is 0 Å². The van der Waals surface area contributed by atoms with Crippen molar-refractivity contribution >= 4 is 0 Å². The monoisotopic (exact) mass is 223 g/mol. The molecule has 0 bridgehead atoms. The molecule has 1 aliphatic carbocycles. The molecule has 2 nitrogen and oxygen atoms in total. The summed E-state index contributed by atoms with van der Waals surface area (Å²) in [5, 5.41) is 0. The molecule has 16 heavy (non-hydrogen) atoms. The topological polar surface area (TPSA) is 35.2 Å². The lowest BCUT2D eigenvalue weighted by molar-refractivity contribution is 0.200. The average molecular weight is 223 g/mol. The lowest BCUT2D eigenvalue weighted by Crippen LogP contribution is -2.13. The van der Waals surface area contributed by atoms with Crippen molar-refractivity contribution in [1.82, 2.24) is 0 Å². The van der Waals surface area contributed by atoms with Crippen LogP contribution in [0.5, 0.6) is 5.75 Å². The average Bonchev–Trinajstić information content (AvgIpc) is 2.73. The van der Waals surface area contributed by atoms with Crippen molar-refractivity contribution in [2.45, 2.75) is 44.8 Å². The van der Waals surface area contributed by atoms with Gasteiger partial charge in [0.05, 0.1) is 6.10 Å². The van der Waals surface area contributed by atoms with Crippen LogP contribution in [0.15, 0.2) is 18.2 Å². The first kappa shape index (κ1) is 11.4. The fraction of sp³-hybridized carbons (Fsp3) is 0.538. The molecular weight excluding hydrogens is 205 g/mol. The van der Waals surface area contributed by atoms with Gasteiger partial charge in [-0.3, -0.25) is 0 Å². The zero-order chi connectivity index (χ0) is 11.5. The molecule has 1 aromatic rings. The van der Waals surface area contributed by atoms with E-state index in [-0.39, 0.29) is 18.0 Å². The van der Waals surface area contributed by atoms with Gasteiger partial charge in [0.25, 0.3) is 0 Å². The SMILES string of the molecule is CC(N)c1ccc(F)c(OC2CCCC2)c1. The molecule has 0 saturated heterocycles.